The minimum Gasteiger partial charge on any atom is -0.369 e. The van der Waals surface area contributed by atoms with Crippen molar-refractivity contribution in [3.63, 3.8) is 0 Å². The van der Waals surface area contributed by atoms with Crippen LogP contribution in [-0.4, -0.2) is 5.91 Å². The normalized spacial score (nSPS) is 12.4. The molecular formula is C12H17NO. The average molecular weight is 191 g/mol. The number of primary amides is 1. The van der Waals surface area contributed by atoms with Gasteiger partial charge in [-0.15, -0.1) is 0 Å². The number of hydrogen-bond acceptors (Lipinski definition) is 1. The minimum absolute atomic E-state index is 0.0117. The molecule has 0 radical (unpaired) electrons. The van der Waals surface area contributed by atoms with Crippen molar-refractivity contribution in [2.75, 3.05) is 0 Å². The van der Waals surface area contributed by atoms with Gasteiger partial charge in [-0.05, 0) is 18.4 Å². The number of carbonyl (C=O) groups excluding carboxylic acids is 1. The molecule has 2 N–H and O–H groups in total. The molecule has 1 aromatic carbocycles. The summed E-state index contributed by atoms with van der Waals surface area (Å²) in [7, 11) is 0. The lowest BCUT2D eigenvalue weighted by molar-refractivity contribution is -0.122. The van der Waals surface area contributed by atoms with Gasteiger partial charge in [0.2, 0.25) is 5.91 Å². The Morgan fingerprint density at radius 1 is 1.36 bits per heavy atom. The van der Waals surface area contributed by atoms with Crippen LogP contribution in [0.1, 0.15) is 25.3 Å². The van der Waals surface area contributed by atoms with Crippen molar-refractivity contribution in [2.24, 2.45) is 11.7 Å². The highest BCUT2D eigenvalue weighted by Crippen LogP contribution is 2.13. The van der Waals surface area contributed by atoms with Crippen molar-refractivity contribution in [3.05, 3.63) is 35.9 Å². The number of amides is 1. The number of benzene rings is 1. The van der Waals surface area contributed by atoms with E-state index in [2.05, 4.69) is 6.92 Å². The maximum atomic E-state index is 11.1. The second-order valence-electron chi connectivity index (χ2n) is 3.58. The molecule has 0 fully saturated rings. The Kier molecular flexibility index (Phi) is 4.17. The molecule has 2 nitrogen and oxygen atoms in total. The van der Waals surface area contributed by atoms with Crippen LogP contribution in [0.4, 0.5) is 0 Å². The van der Waals surface area contributed by atoms with E-state index in [1.54, 1.807) is 0 Å². The molecule has 0 aromatic heterocycles. The van der Waals surface area contributed by atoms with Crippen molar-refractivity contribution in [3.8, 4) is 0 Å². The lowest BCUT2D eigenvalue weighted by Gasteiger charge is -2.11. The van der Waals surface area contributed by atoms with Crippen molar-refractivity contribution >= 4 is 5.91 Å². The predicted molar refractivity (Wildman–Crippen MR) is 57.7 cm³/mol. The fraction of sp³-hybridized carbons (Fsp3) is 0.417. The maximum Gasteiger partial charge on any atom is 0.220 e. The van der Waals surface area contributed by atoms with Crippen LogP contribution in [0.5, 0.6) is 0 Å². The summed E-state index contributed by atoms with van der Waals surface area (Å²) in [6.45, 7) is 2.07. The number of hydrogen-bond donors (Lipinski definition) is 1. The Hall–Kier alpha value is -1.31. The van der Waals surface area contributed by atoms with E-state index in [1.165, 1.54) is 5.56 Å². The molecular weight excluding hydrogens is 174 g/mol. The van der Waals surface area contributed by atoms with Gasteiger partial charge in [-0.3, -0.25) is 4.79 Å². The van der Waals surface area contributed by atoms with Crippen LogP contribution in [0.3, 0.4) is 0 Å². The van der Waals surface area contributed by atoms with Crippen LogP contribution in [0, 0.1) is 5.92 Å². The second kappa shape index (κ2) is 5.43. The zero-order valence-electron chi connectivity index (χ0n) is 8.57. The largest absolute Gasteiger partial charge is 0.369 e. The first kappa shape index (κ1) is 10.8. The van der Waals surface area contributed by atoms with E-state index < -0.39 is 0 Å². The van der Waals surface area contributed by atoms with E-state index in [9.17, 15) is 4.79 Å². The molecule has 1 aromatic rings. The van der Waals surface area contributed by atoms with Gasteiger partial charge in [0.15, 0.2) is 0 Å². The van der Waals surface area contributed by atoms with Gasteiger partial charge in [0.25, 0.3) is 0 Å². The molecule has 0 aliphatic carbocycles. The molecule has 0 spiro atoms. The van der Waals surface area contributed by atoms with E-state index in [4.69, 9.17) is 5.73 Å². The number of carbonyl (C=O) groups is 1. The Bertz CT molecular complexity index is 282. The Morgan fingerprint density at radius 2 is 2.00 bits per heavy atom. The first-order valence-electron chi connectivity index (χ1n) is 5.07. The third-order valence-corrected chi connectivity index (χ3v) is 2.36. The predicted octanol–water partition coefficient (Wildman–Crippen LogP) is 2.13. The molecule has 0 unspecified atom stereocenters. The fourth-order valence-corrected chi connectivity index (χ4v) is 1.59. The van der Waals surface area contributed by atoms with E-state index in [0.717, 1.165) is 19.3 Å². The summed E-state index contributed by atoms with van der Waals surface area (Å²) in [5, 5.41) is 0. The van der Waals surface area contributed by atoms with Gasteiger partial charge in [0.1, 0.15) is 0 Å². The highest BCUT2D eigenvalue weighted by atomic mass is 16.1. The summed E-state index contributed by atoms with van der Waals surface area (Å²) >= 11 is 0. The summed E-state index contributed by atoms with van der Waals surface area (Å²) in [4.78, 5) is 11.1. The fourth-order valence-electron chi connectivity index (χ4n) is 1.59. The smallest absolute Gasteiger partial charge is 0.220 e. The summed E-state index contributed by atoms with van der Waals surface area (Å²) in [6, 6.07) is 10.0. The quantitative estimate of drug-likeness (QED) is 0.761. The molecule has 14 heavy (non-hydrogen) atoms. The standard InChI is InChI=1S/C12H17NO/c1-2-6-11(12(13)14)9-10-7-4-3-5-8-10/h3-5,7-8,11H,2,6,9H2,1H3,(H2,13,14)/t11-/m1/s1. The zero-order valence-corrected chi connectivity index (χ0v) is 8.57. The van der Waals surface area contributed by atoms with Gasteiger partial charge in [-0.2, -0.15) is 0 Å². The van der Waals surface area contributed by atoms with Crippen molar-refractivity contribution < 1.29 is 4.79 Å². The van der Waals surface area contributed by atoms with Crippen LogP contribution in [-0.2, 0) is 11.2 Å². The molecule has 1 rings (SSSR count). The Balaban J connectivity index is 2.60. The average Bonchev–Trinajstić information content (AvgIpc) is 2.18. The van der Waals surface area contributed by atoms with E-state index >= 15 is 0 Å². The van der Waals surface area contributed by atoms with E-state index in [-0.39, 0.29) is 11.8 Å². The van der Waals surface area contributed by atoms with Crippen LogP contribution >= 0.6 is 0 Å². The maximum absolute atomic E-state index is 11.1. The lowest BCUT2D eigenvalue weighted by Crippen LogP contribution is -2.24. The van der Waals surface area contributed by atoms with Gasteiger partial charge in [0.05, 0.1) is 0 Å². The van der Waals surface area contributed by atoms with Crippen LogP contribution in [0.25, 0.3) is 0 Å². The molecule has 1 amide bonds. The van der Waals surface area contributed by atoms with Gasteiger partial charge >= 0.3 is 0 Å². The minimum atomic E-state index is -0.185. The monoisotopic (exact) mass is 191 g/mol. The molecule has 0 saturated carbocycles. The van der Waals surface area contributed by atoms with E-state index in [1.807, 2.05) is 30.3 Å². The van der Waals surface area contributed by atoms with Crippen LogP contribution < -0.4 is 5.73 Å². The summed E-state index contributed by atoms with van der Waals surface area (Å²) in [6.07, 6.45) is 2.65. The summed E-state index contributed by atoms with van der Waals surface area (Å²) in [5.41, 5.74) is 6.52. The van der Waals surface area contributed by atoms with Gasteiger partial charge in [0, 0.05) is 5.92 Å². The molecule has 0 aliphatic rings. The van der Waals surface area contributed by atoms with Gasteiger partial charge in [-0.1, -0.05) is 43.7 Å². The van der Waals surface area contributed by atoms with E-state index in [0.29, 0.717) is 0 Å². The second-order valence-corrected chi connectivity index (χ2v) is 3.58. The van der Waals surface area contributed by atoms with Crippen molar-refractivity contribution in [2.45, 2.75) is 26.2 Å². The summed E-state index contributed by atoms with van der Waals surface area (Å²) in [5.74, 6) is -0.196. The third-order valence-electron chi connectivity index (χ3n) is 2.36. The van der Waals surface area contributed by atoms with Crippen molar-refractivity contribution in [1.29, 1.82) is 0 Å². The lowest BCUT2D eigenvalue weighted by atomic mass is 9.94. The first-order valence-corrected chi connectivity index (χ1v) is 5.07. The molecule has 0 heterocycles. The highest BCUT2D eigenvalue weighted by molar-refractivity contribution is 5.76. The molecule has 0 saturated heterocycles. The van der Waals surface area contributed by atoms with Gasteiger partial charge in [-0.25, -0.2) is 0 Å². The molecule has 1 atom stereocenters. The van der Waals surface area contributed by atoms with Crippen molar-refractivity contribution in [1.82, 2.24) is 0 Å². The SMILES string of the molecule is CCC[C@H](Cc1ccccc1)C(N)=O. The molecule has 76 valence electrons. The number of rotatable bonds is 5. The van der Waals surface area contributed by atoms with Gasteiger partial charge < -0.3 is 5.73 Å². The molecule has 0 bridgehead atoms. The summed E-state index contributed by atoms with van der Waals surface area (Å²) < 4.78 is 0. The molecule has 2 heteroatoms. The topological polar surface area (TPSA) is 43.1 Å². The number of nitrogens with two attached hydrogens (primary N) is 1. The third kappa shape index (κ3) is 3.21. The first-order chi connectivity index (χ1) is 6.74. The Labute approximate surface area is 85.1 Å². The van der Waals surface area contributed by atoms with Crippen LogP contribution in [0.15, 0.2) is 30.3 Å². The molecule has 0 aliphatic heterocycles. The highest BCUT2D eigenvalue weighted by Gasteiger charge is 2.14. The van der Waals surface area contributed by atoms with Crippen LogP contribution in [0.2, 0.25) is 0 Å². The zero-order chi connectivity index (χ0) is 10.4. The Morgan fingerprint density at radius 3 is 2.50 bits per heavy atom.